The summed E-state index contributed by atoms with van der Waals surface area (Å²) in [6.45, 7) is 0. The van der Waals surface area contributed by atoms with Crippen molar-refractivity contribution >= 4 is 28.2 Å². The van der Waals surface area contributed by atoms with E-state index in [4.69, 9.17) is 0 Å². The van der Waals surface area contributed by atoms with Crippen LogP contribution in [-0.4, -0.2) is 0 Å². The Morgan fingerprint density at radius 3 is 2.16 bits per heavy atom. The van der Waals surface area contributed by atoms with Crippen molar-refractivity contribution in [2.24, 2.45) is 0 Å². The van der Waals surface area contributed by atoms with Gasteiger partial charge in [-0.25, -0.2) is 0 Å². The highest BCUT2D eigenvalue weighted by Crippen LogP contribution is 2.37. The first-order valence-corrected chi connectivity index (χ1v) is 7.59. The first-order valence-electron chi connectivity index (χ1n) is 6.51. The zero-order chi connectivity index (χ0) is 13.1. The van der Waals surface area contributed by atoms with Gasteiger partial charge in [0.15, 0.2) is 0 Å². The van der Waals surface area contributed by atoms with Crippen LogP contribution in [0.5, 0.6) is 0 Å². The molecule has 1 aliphatic rings. The average Bonchev–Trinajstić information content (AvgIpc) is 2.48. The third-order valence-corrected chi connectivity index (χ3v) is 4.16. The van der Waals surface area contributed by atoms with Crippen LogP contribution in [-0.2, 0) is 0 Å². The summed E-state index contributed by atoms with van der Waals surface area (Å²) < 4.78 is 1.33. The van der Waals surface area contributed by atoms with Gasteiger partial charge >= 0.3 is 0 Å². The summed E-state index contributed by atoms with van der Waals surface area (Å²) in [4.78, 5) is 0. The van der Waals surface area contributed by atoms with Crippen molar-refractivity contribution in [3.8, 4) is 0 Å². The number of benzene rings is 2. The molecule has 0 aromatic heterocycles. The molecule has 0 saturated carbocycles. The fraction of sp³-hybridized carbons (Fsp3) is 0.111. The molecule has 1 aliphatic carbocycles. The molecular weight excluding hydrogens is 343 g/mol. The third-order valence-electron chi connectivity index (χ3n) is 3.48. The van der Waals surface area contributed by atoms with E-state index in [-0.39, 0.29) is 0 Å². The molecule has 0 radical (unpaired) electrons. The monoisotopic (exact) mass is 358 g/mol. The van der Waals surface area contributed by atoms with Gasteiger partial charge < -0.3 is 0 Å². The quantitative estimate of drug-likeness (QED) is 0.615. The summed E-state index contributed by atoms with van der Waals surface area (Å²) in [5.74, 6) is 0.494. The van der Waals surface area contributed by atoms with E-state index in [0.717, 1.165) is 6.42 Å². The summed E-state index contributed by atoms with van der Waals surface area (Å²) in [6.07, 6.45) is 5.75. The predicted octanol–water partition coefficient (Wildman–Crippen LogP) is 5.58. The first-order chi connectivity index (χ1) is 9.33. The average molecular weight is 358 g/mol. The van der Waals surface area contributed by atoms with Gasteiger partial charge in [0.05, 0.1) is 0 Å². The van der Waals surface area contributed by atoms with Crippen molar-refractivity contribution in [2.45, 2.75) is 12.3 Å². The number of hydrogen-bond acceptors (Lipinski definition) is 0. The Labute approximate surface area is 128 Å². The minimum absolute atomic E-state index is 0.494. The van der Waals surface area contributed by atoms with Gasteiger partial charge in [-0.1, -0.05) is 66.7 Å². The van der Waals surface area contributed by atoms with Crippen molar-refractivity contribution in [1.29, 1.82) is 0 Å². The lowest BCUT2D eigenvalue weighted by Gasteiger charge is -2.21. The summed E-state index contributed by atoms with van der Waals surface area (Å²) in [5, 5.41) is 0. The van der Waals surface area contributed by atoms with Crippen LogP contribution in [0.15, 0.2) is 76.4 Å². The molecule has 0 bridgehead atoms. The molecule has 1 heteroatoms. The van der Waals surface area contributed by atoms with Crippen LogP contribution in [0.1, 0.15) is 23.5 Å². The van der Waals surface area contributed by atoms with Crippen LogP contribution in [0, 0.1) is 0 Å². The largest absolute Gasteiger partial charge is 0.0633 e. The van der Waals surface area contributed by atoms with E-state index in [1.807, 2.05) is 0 Å². The van der Waals surface area contributed by atoms with Gasteiger partial charge in [-0.15, -0.1) is 0 Å². The summed E-state index contributed by atoms with van der Waals surface area (Å²) in [7, 11) is 0. The zero-order valence-corrected chi connectivity index (χ0v) is 12.7. The Morgan fingerprint density at radius 1 is 0.842 bits per heavy atom. The second-order valence-electron chi connectivity index (χ2n) is 4.81. The highest BCUT2D eigenvalue weighted by atomic mass is 127. The number of rotatable bonds is 2. The van der Waals surface area contributed by atoms with Crippen molar-refractivity contribution in [3.05, 3.63) is 87.5 Å². The van der Waals surface area contributed by atoms with Gasteiger partial charge in [-0.2, -0.15) is 0 Å². The Hall–Kier alpha value is -1.35. The van der Waals surface area contributed by atoms with Gasteiger partial charge in [0, 0.05) is 9.50 Å². The second kappa shape index (κ2) is 5.74. The normalized spacial score (nSPS) is 18.7. The molecule has 2 aromatic carbocycles. The van der Waals surface area contributed by atoms with E-state index in [2.05, 4.69) is 95.4 Å². The molecule has 1 atom stereocenters. The molecule has 2 aromatic rings. The lowest BCUT2D eigenvalue weighted by Crippen LogP contribution is -2.02. The van der Waals surface area contributed by atoms with Crippen LogP contribution in [0.25, 0.3) is 5.57 Å². The first kappa shape index (κ1) is 12.7. The lowest BCUT2D eigenvalue weighted by molar-refractivity contribution is 0.866. The van der Waals surface area contributed by atoms with Crippen molar-refractivity contribution in [3.63, 3.8) is 0 Å². The van der Waals surface area contributed by atoms with E-state index < -0.39 is 0 Å². The van der Waals surface area contributed by atoms with E-state index in [9.17, 15) is 0 Å². The van der Waals surface area contributed by atoms with E-state index >= 15 is 0 Å². The number of halogens is 1. The zero-order valence-electron chi connectivity index (χ0n) is 10.6. The predicted molar refractivity (Wildman–Crippen MR) is 90.3 cm³/mol. The fourth-order valence-corrected chi connectivity index (χ4v) is 3.34. The molecule has 0 spiro atoms. The maximum Gasteiger partial charge on any atom is 0.00992 e. The van der Waals surface area contributed by atoms with Crippen LogP contribution in [0.2, 0.25) is 0 Å². The Balaban J connectivity index is 1.92. The SMILES string of the molecule is IC1=CC(c2ccccc2)CC(c2ccccc2)=C1. The molecule has 94 valence electrons. The molecule has 0 saturated heterocycles. The standard InChI is InChI=1S/C18H15I/c19-18-12-16(14-7-3-1-4-8-14)11-17(13-18)15-9-5-2-6-10-15/h1-10,12-13,16H,11H2. The van der Waals surface area contributed by atoms with Crippen molar-refractivity contribution < 1.29 is 0 Å². The van der Waals surface area contributed by atoms with Crippen LogP contribution in [0.3, 0.4) is 0 Å². The van der Waals surface area contributed by atoms with E-state index in [1.54, 1.807) is 0 Å². The summed E-state index contributed by atoms with van der Waals surface area (Å²) in [6, 6.07) is 21.5. The van der Waals surface area contributed by atoms with Gasteiger partial charge in [0.25, 0.3) is 0 Å². The van der Waals surface area contributed by atoms with E-state index in [1.165, 1.54) is 20.3 Å². The molecule has 0 N–H and O–H groups in total. The van der Waals surface area contributed by atoms with Crippen molar-refractivity contribution in [1.82, 2.24) is 0 Å². The topological polar surface area (TPSA) is 0 Å². The molecule has 3 rings (SSSR count). The summed E-state index contributed by atoms with van der Waals surface area (Å²) >= 11 is 2.43. The Bertz CT molecular complexity index is 609. The van der Waals surface area contributed by atoms with Crippen LogP contribution >= 0.6 is 22.6 Å². The van der Waals surface area contributed by atoms with Gasteiger partial charge in [-0.3, -0.25) is 0 Å². The van der Waals surface area contributed by atoms with Crippen LogP contribution < -0.4 is 0 Å². The maximum absolute atomic E-state index is 2.43. The van der Waals surface area contributed by atoms with Gasteiger partial charge in [-0.05, 0) is 51.8 Å². The molecule has 0 amide bonds. The molecular formula is C18H15I. The molecule has 0 heterocycles. The van der Waals surface area contributed by atoms with Gasteiger partial charge in [0.2, 0.25) is 0 Å². The highest BCUT2D eigenvalue weighted by Gasteiger charge is 2.16. The minimum atomic E-state index is 0.494. The molecule has 19 heavy (non-hydrogen) atoms. The maximum atomic E-state index is 2.43. The van der Waals surface area contributed by atoms with Gasteiger partial charge in [0.1, 0.15) is 0 Å². The Kier molecular flexibility index (Phi) is 3.83. The van der Waals surface area contributed by atoms with E-state index in [0.29, 0.717) is 5.92 Å². The Morgan fingerprint density at radius 2 is 1.47 bits per heavy atom. The minimum Gasteiger partial charge on any atom is -0.0633 e. The molecule has 0 fully saturated rings. The van der Waals surface area contributed by atoms with Crippen LogP contribution in [0.4, 0.5) is 0 Å². The fourth-order valence-electron chi connectivity index (χ4n) is 2.53. The number of allylic oxidation sites excluding steroid dienone is 4. The van der Waals surface area contributed by atoms with Crippen molar-refractivity contribution in [2.75, 3.05) is 0 Å². The molecule has 0 nitrogen and oxygen atoms in total. The third kappa shape index (κ3) is 2.98. The highest BCUT2D eigenvalue weighted by molar-refractivity contribution is 14.1. The smallest absolute Gasteiger partial charge is 0.00992 e. The molecule has 0 aliphatic heterocycles. The molecule has 1 unspecified atom stereocenters. The number of hydrogen-bond donors (Lipinski definition) is 0. The lowest BCUT2D eigenvalue weighted by atomic mass is 9.85. The second-order valence-corrected chi connectivity index (χ2v) is 6.05. The summed E-state index contributed by atoms with van der Waals surface area (Å²) in [5.41, 5.74) is 4.17.